The number of hydrogen-bond acceptors (Lipinski definition) is 5. The van der Waals surface area contributed by atoms with Crippen LogP contribution in [0.4, 0.5) is 23.1 Å². The van der Waals surface area contributed by atoms with Gasteiger partial charge >= 0.3 is 0 Å². The second kappa shape index (κ2) is 7.40. The molecule has 0 bridgehead atoms. The zero-order valence-electron chi connectivity index (χ0n) is 13.6. The summed E-state index contributed by atoms with van der Waals surface area (Å²) in [5.74, 6) is 1.24. The van der Waals surface area contributed by atoms with Crippen molar-refractivity contribution < 1.29 is 0 Å². The van der Waals surface area contributed by atoms with Gasteiger partial charge < -0.3 is 10.2 Å². The van der Waals surface area contributed by atoms with Crippen molar-refractivity contribution in [3.63, 3.8) is 0 Å². The van der Waals surface area contributed by atoms with Gasteiger partial charge in [0.05, 0.1) is 6.20 Å². The largest absolute Gasteiger partial charge is 0.325 e. The molecule has 5 nitrogen and oxygen atoms in total. The summed E-state index contributed by atoms with van der Waals surface area (Å²) in [5, 5.41) is 11.4. The molecule has 0 amide bonds. The van der Waals surface area contributed by atoms with Gasteiger partial charge in [-0.25, -0.2) is 0 Å². The highest BCUT2D eigenvalue weighted by Gasteiger charge is 2.11. The van der Waals surface area contributed by atoms with Crippen molar-refractivity contribution in [1.82, 2.24) is 15.2 Å². The summed E-state index contributed by atoms with van der Waals surface area (Å²) in [5.41, 5.74) is 3.14. The minimum atomic E-state index is 0.479. The van der Waals surface area contributed by atoms with Crippen LogP contribution in [0.2, 0.25) is 0 Å². The lowest BCUT2D eigenvalue weighted by atomic mass is 10.2. The molecule has 0 fully saturated rings. The number of aromatic nitrogens is 3. The minimum Gasteiger partial charge on any atom is -0.325 e. The van der Waals surface area contributed by atoms with Gasteiger partial charge in [-0.2, -0.15) is 10.1 Å². The van der Waals surface area contributed by atoms with Gasteiger partial charge in [0, 0.05) is 22.4 Å². The summed E-state index contributed by atoms with van der Waals surface area (Å²) in [6, 6.07) is 16.1. The number of anilines is 4. The van der Waals surface area contributed by atoms with Crippen molar-refractivity contribution in [2.75, 3.05) is 16.8 Å². The SMILES string of the molecule is CCN(c1ccccc1)c1cnnc(Nc2ccc(Br)cc2C)n1. The topological polar surface area (TPSA) is 53.9 Å². The highest BCUT2D eigenvalue weighted by Crippen LogP contribution is 2.25. The Bertz CT molecular complexity index is 823. The molecule has 1 heterocycles. The molecule has 0 unspecified atom stereocenters. The molecule has 0 aliphatic carbocycles. The van der Waals surface area contributed by atoms with Gasteiger partial charge in [0.25, 0.3) is 0 Å². The van der Waals surface area contributed by atoms with Crippen LogP contribution in [-0.2, 0) is 0 Å². The Morgan fingerprint density at radius 1 is 1.12 bits per heavy atom. The van der Waals surface area contributed by atoms with Crippen LogP contribution in [-0.4, -0.2) is 21.7 Å². The summed E-state index contributed by atoms with van der Waals surface area (Å²) in [6.07, 6.45) is 1.68. The number of hydrogen-bond donors (Lipinski definition) is 1. The third-order valence-electron chi connectivity index (χ3n) is 3.64. The molecule has 2 aromatic carbocycles. The van der Waals surface area contributed by atoms with Crippen molar-refractivity contribution in [2.45, 2.75) is 13.8 Å². The van der Waals surface area contributed by atoms with E-state index in [1.54, 1.807) is 6.20 Å². The maximum Gasteiger partial charge on any atom is 0.249 e. The second-order valence-corrected chi connectivity index (χ2v) is 6.22. The summed E-state index contributed by atoms with van der Waals surface area (Å²) in [6.45, 7) is 4.91. The van der Waals surface area contributed by atoms with E-state index in [9.17, 15) is 0 Å². The van der Waals surface area contributed by atoms with E-state index < -0.39 is 0 Å². The molecule has 0 aliphatic rings. The third kappa shape index (κ3) is 3.71. The number of nitrogens with zero attached hydrogens (tertiary/aromatic N) is 4. The number of rotatable bonds is 5. The normalized spacial score (nSPS) is 10.5. The molecule has 0 aliphatic heterocycles. The Kier molecular flexibility index (Phi) is 5.05. The van der Waals surface area contributed by atoms with Gasteiger partial charge in [0.1, 0.15) is 0 Å². The molecule has 0 spiro atoms. The van der Waals surface area contributed by atoms with E-state index >= 15 is 0 Å². The smallest absolute Gasteiger partial charge is 0.249 e. The molecular formula is C18H18BrN5. The van der Waals surface area contributed by atoms with Gasteiger partial charge in [-0.1, -0.05) is 34.1 Å². The lowest BCUT2D eigenvalue weighted by molar-refractivity contribution is 0.922. The van der Waals surface area contributed by atoms with Crippen LogP contribution in [0.1, 0.15) is 12.5 Å². The second-order valence-electron chi connectivity index (χ2n) is 5.30. The summed E-state index contributed by atoms with van der Waals surface area (Å²) in [7, 11) is 0. The van der Waals surface area contributed by atoms with E-state index in [1.807, 2.05) is 43.3 Å². The lowest BCUT2D eigenvalue weighted by Crippen LogP contribution is -2.18. The Morgan fingerprint density at radius 2 is 1.92 bits per heavy atom. The molecule has 122 valence electrons. The van der Waals surface area contributed by atoms with Crippen molar-refractivity contribution >= 4 is 39.1 Å². The van der Waals surface area contributed by atoms with Gasteiger partial charge in [0.15, 0.2) is 5.82 Å². The number of benzene rings is 2. The average Bonchev–Trinajstić information content (AvgIpc) is 2.60. The third-order valence-corrected chi connectivity index (χ3v) is 4.13. The number of halogens is 1. The van der Waals surface area contributed by atoms with E-state index in [2.05, 4.69) is 60.4 Å². The molecule has 0 saturated heterocycles. The first kappa shape index (κ1) is 16.4. The van der Waals surface area contributed by atoms with Gasteiger partial charge in [0.2, 0.25) is 5.95 Å². The fraction of sp³-hybridized carbons (Fsp3) is 0.167. The fourth-order valence-electron chi connectivity index (χ4n) is 2.45. The molecule has 0 saturated carbocycles. The summed E-state index contributed by atoms with van der Waals surface area (Å²) >= 11 is 3.47. The van der Waals surface area contributed by atoms with Crippen LogP contribution in [0.25, 0.3) is 0 Å². The van der Waals surface area contributed by atoms with Crippen LogP contribution in [0.5, 0.6) is 0 Å². The maximum absolute atomic E-state index is 4.61. The molecule has 24 heavy (non-hydrogen) atoms. The van der Waals surface area contributed by atoms with Crippen LogP contribution in [0, 0.1) is 6.92 Å². The Morgan fingerprint density at radius 3 is 2.62 bits per heavy atom. The van der Waals surface area contributed by atoms with Crippen molar-refractivity contribution in [3.05, 3.63) is 64.8 Å². The van der Waals surface area contributed by atoms with E-state index in [0.29, 0.717) is 5.95 Å². The average molecular weight is 384 g/mol. The summed E-state index contributed by atoms with van der Waals surface area (Å²) in [4.78, 5) is 6.70. The monoisotopic (exact) mass is 383 g/mol. The highest BCUT2D eigenvalue weighted by atomic mass is 79.9. The quantitative estimate of drug-likeness (QED) is 0.682. The van der Waals surface area contributed by atoms with Crippen LogP contribution in [0.15, 0.2) is 59.2 Å². The van der Waals surface area contributed by atoms with Crippen LogP contribution in [0.3, 0.4) is 0 Å². The molecule has 0 radical (unpaired) electrons. The Hall–Kier alpha value is -2.47. The van der Waals surface area contributed by atoms with Gasteiger partial charge in [-0.15, -0.1) is 5.10 Å². The Balaban J connectivity index is 1.88. The van der Waals surface area contributed by atoms with E-state index in [4.69, 9.17) is 0 Å². The van der Waals surface area contributed by atoms with Gasteiger partial charge in [-0.3, -0.25) is 0 Å². The number of nitrogens with one attached hydrogen (secondary N) is 1. The molecule has 3 rings (SSSR count). The zero-order valence-corrected chi connectivity index (χ0v) is 15.2. The minimum absolute atomic E-state index is 0.479. The molecule has 1 N–H and O–H groups in total. The highest BCUT2D eigenvalue weighted by molar-refractivity contribution is 9.10. The summed E-state index contributed by atoms with van der Waals surface area (Å²) < 4.78 is 1.04. The molecule has 1 aromatic heterocycles. The predicted molar refractivity (Wildman–Crippen MR) is 101 cm³/mol. The number of para-hydroxylation sites is 1. The Labute approximate surface area is 149 Å². The zero-order chi connectivity index (χ0) is 16.9. The van der Waals surface area contributed by atoms with Crippen LogP contribution < -0.4 is 10.2 Å². The first-order chi connectivity index (χ1) is 11.7. The molecular weight excluding hydrogens is 366 g/mol. The van der Waals surface area contributed by atoms with Crippen molar-refractivity contribution in [3.8, 4) is 0 Å². The molecule has 3 aromatic rings. The van der Waals surface area contributed by atoms with Crippen molar-refractivity contribution in [2.24, 2.45) is 0 Å². The maximum atomic E-state index is 4.61. The van der Waals surface area contributed by atoms with Gasteiger partial charge in [-0.05, 0) is 49.7 Å². The molecule has 6 heteroatoms. The lowest BCUT2D eigenvalue weighted by Gasteiger charge is -2.21. The predicted octanol–water partition coefficient (Wildman–Crippen LogP) is 4.84. The first-order valence-corrected chi connectivity index (χ1v) is 8.52. The van der Waals surface area contributed by atoms with Crippen molar-refractivity contribution in [1.29, 1.82) is 0 Å². The fourth-order valence-corrected chi connectivity index (χ4v) is 2.93. The van der Waals surface area contributed by atoms with E-state index in [0.717, 1.165) is 33.8 Å². The number of aryl methyl sites for hydroxylation is 1. The van der Waals surface area contributed by atoms with E-state index in [1.165, 1.54) is 0 Å². The molecule has 0 atom stereocenters. The standard InChI is InChI=1S/C18H18BrN5/c1-3-24(15-7-5-4-6-8-15)17-12-20-23-18(22-17)21-16-10-9-14(19)11-13(16)2/h4-12H,3H2,1-2H3,(H,21,22,23). The van der Waals surface area contributed by atoms with Crippen LogP contribution >= 0.6 is 15.9 Å². The first-order valence-electron chi connectivity index (χ1n) is 7.73. The van der Waals surface area contributed by atoms with E-state index in [-0.39, 0.29) is 0 Å².